The van der Waals surface area contributed by atoms with E-state index in [9.17, 15) is 0 Å². The number of aliphatic hydroxyl groups is 1. The van der Waals surface area contributed by atoms with Crippen molar-refractivity contribution in [2.45, 2.75) is 13.3 Å². The summed E-state index contributed by atoms with van der Waals surface area (Å²) in [6.07, 6.45) is 3.74. The van der Waals surface area contributed by atoms with Crippen LogP contribution in [0.3, 0.4) is 0 Å². The van der Waals surface area contributed by atoms with Crippen LogP contribution < -0.4 is 0 Å². The van der Waals surface area contributed by atoms with Gasteiger partial charge in [0.1, 0.15) is 0 Å². The molecule has 0 atom stereocenters. The molecule has 0 bridgehead atoms. The summed E-state index contributed by atoms with van der Waals surface area (Å²) in [5.41, 5.74) is 3.03. The van der Waals surface area contributed by atoms with E-state index in [4.69, 9.17) is 5.11 Å². The van der Waals surface area contributed by atoms with Crippen molar-refractivity contribution in [3.63, 3.8) is 0 Å². The molecule has 0 aliphatic rings. The van der Waals surface area contributed by atoms with Gasteiger partial charge in [0.25, 0.3) is 0 Å². The van der Waals surface area contributed by atoms with Crippen LogP contribution in [0.25, 0.3) is 5.57 Å². The molecule has 0 amide bonds. The molecule has 68 valence electrons. The Kier molecular flexibility index (Phi) is 3.32. The first-order valence-electron chi connectivity index (χ1n) is 4.38. The van der Waals surface area contributed by atoms with E-state index in [1.807, 2.05) is 12.1 Å². The summed E-state index contributed by atoms with van der Waals surface area (Å²) < 4.78 is 0. The van der Waals surface area contributed by atoms with E-state index < -0.39 is 0 Å². The Morgan fingerprint density at radius 3 is 2.85 bits per heavy atom. The van der Waals surface area contributed by atoms with E-state index in [0.717, 1.165) is 23.8 Å². The van der Waals surface area contributed by atoms with Gasteiger partial charge in [-0.1, -0.05) is 43.8 Å². The van der Waals surface area contributed by atoms with Gasteiger partial charge >= 0.3 is 0 Å². The molecule has 0 saturated heterocycles. The molecular formula is C12H14O. The highest BCUT2D eigenvalue weighted by molar-refractivity contribution is 5.72. The molecule has 1 aromatic carbocycles. The third-order valence-corrected chi connectivity index (χ3v) is 2.03. The van der Waals surface area contributed by atoms with Crippen LogP contribution in [0.2, 0.25) is 0 Å². The third-order valence-electron chi connectivity index (χ3n) is 2.03. The highest BCUT2D eigenvalue weighted by Gasteiger charge is 1.97. The topological polar surface area (TPSA) is 20.2 Å². The SMILES string of the molecule is C=C/C(=C\O)c1cccc(CC)c1. The van der Waals surface area contributed by atoms with E-state index in [0.29, 0.717) is 0 Å². The van der Waals surface area contributed by atoms with Crippen molar-refractivity contribution < 1.29 is 5.11 Å². The van der Waals surface area contributed by atoms with Gasteiger partial charge in [0.05, 0.1) is 6.26 Å². The van der Waals surface area contributed by atoms with E-state index in [-0.39, 0.29) is 0 Å². The Hall–Kier alpha value is -1.50. The zero-order valence-corrected chi connectivity index (χ0v) is 7.83. The highest BCUT2D eigenvalue weighted by Crippen LogP contribution is 2.16. The first-order chi connectivity index (χ1) is 6.31. The number of allylic oxidation sites excluding steroid dienone is 2. The van der Waals surface area contributed by atoms with Crippen LogP contribution >= 0.6 is 0 Å². The van der Waals surface area contributed by atoms with Gasteiger partial charge in [-0.05, 0) is 17.5 Å². The number of hydrogen-bond donors (Lipinski definition) is 1. The average molecular weight is 174 g/mol. The lowest BCUT2D eigenvalue weighted by Gasteiger charge is -2.02. The maximum atomic E-state index is 8.91. The number of aliphatic hydroxyl groups excluding tert-OH is 1. The zero-order chi connectivity index (χ0) is 9.68. The second kappa shape index (κ2) is 4.51. The van der Waals surface area contributed by atoms with Gasteiger partial charge in [0.2, 0.25) is 0 Å². The summed E-state index contributed by atoms with van der Waals surface area (Å²) in [5, 5.41) is 8.91. The van der Waals surface area contributed by atoms with Crippen molar-refractivity contribution in [2.24, 2.45) is 0 Å². The molecule has 0 aliphatic heterocycles. The molecule has 0 heterocycles. The van der Waals surface area contributed by atoms with E-state index in [1.165, 1.54) is 5.56 Å². The average Bonchev–Trinajstić information content (AvgIpc) is 2.20. The van der Waals surface area contributed by atoms with E-state index in [2.05, 4.69) is 25.6 Å². The Balaban J connectivity index is 3.07. The molecular weight excluding hydrogens is 160 g/mol. The summed E-state index contributed by atoms with van der Waals surface area (Å²) in [5.74, 6) is 0. The summed E-state index contributed by atoms with van der Waals surface area (Å²) in [7, 11) is 0. The van der Waals surface area contributed by atoms with Gasteiger partial charge in [-0.25, -0.2) is 0 Å². The van der Waals surface area contributed by atoms with Gasteiger partial charge in [-0.3, -0.25) is 0 Å². The predicted octanol–water partition coefficient (Wildman–Crippen LogP) is 3.33. The first-order valence-corrected chi connectivity index (χ1v) is 4.38. The fraction of sp³-hybridized carbons (Fsp3) is 0.167. The molecule has 1 nitrogen and oxygen atoms in total. The fourth-order valence-corrected chi connectivity index (χ4v) is 1.22. The Labute approximate surface area is 79.0 Å². The molecule has 0 saturated carbocycles. The second-order valence-electron chi connectivity index (χ2n) is 2.84. The largest absolute Gasteiger partial charge is 0.515 e. The minimum atomic E-state index is 0.760. The van der Waals surface area contributed by atoms with Crippen molar-refractivity contribution in [3.05, 3.63) is 54.3 Å². The summed E-state index contributed by atoms with van der Waals surface area (Å²) in [6.45, 7) is 5.74. The van der Waals surface area contributed by atoms with Crippen molar-refractivity contribution in [1.29, 1.82) is 0 Å². The number of hydrogen-bond acceptors (Lipinski definition) is 1. The van der Waals surface area contributed by atoms with Gasteiger partial charge in [0.15, 0.2) is 0 Å². The minimum Gasteiger partial charge on any atom is -0.515 e. The molecule has 1 N–H and O–H groups in total. The first kappa shape index (κ1) is 9.59. The van der Waals surface area contributed by atoms with Crippen LogP contribution in [0.5, 0.6) is 0 Å². The predicted molar refractivity (Wildman–Crippen MR) is 56.6 cm³/mol. The monoisotopic (exact) mass is 174 g/mol. The van der Waals surface area contributed by atoms with Crippen molar-refractivity contribution in [3.8, 4) is 0 Å². The van der Waals surface area contributed by atoms with Crippen molar-refractivity contribution in [2.75, 3.05) is 0 Å². The molecule has 0 unspecified atom stereocenters. The van der Waals surface area contributed by atoms with Crippen LogP contribution in [-0.2, 0) is 6.42 Å². The van der Waals surface area contributed by atoms with Gasteiger partial charge in [-0.2, -0.15) is 0 Å². The molecule has 0 radical (unpaired) electrons. The molecule has 0 aromatic heterocycles. The van der Waals surface area contributed by atoms with Gasteiger partial charge in [-0.15, -0.1) is 0 Å². The maximum absolute atomic E-state index is 8.91. The van der Waals surface area contributed by atoms with Crippen LogP contribution in [0.1, 0.15) is 18.1 Å². The molecule has 0 spiro atoms. The molecule has 0 aliphatic carbocycles. The second-order valence-corrected chi connectivity index (χ2v) is 2.84. The van der Waals surface area contributed by atoms with Crippen LogP contribution in [0.15, 0.2) is 43.2 Å². The third kappa shape index (κ3) is 2.22. The standard InChI is InChI=1S/C12H14O/c1-3-10-6-5-7-12(8-10)11(4-2)9-13/h4-9,13H,2-3H2,1H3/b11-9+. The Morgan fingerprint density at radius 1 is 1.54 bits per heavy atom. The number of benzene rings is 1. The quantitative estimate of drug-likeness (QED) is 0.550. The molecule has 0 fully saturated rings. The van der Waals surface area contributed by atoms with Crippen LogP contribution in [-0.4, -0.2) is 5.11 Å². The Bertz CT molecular complexity index is 324. The van der Waals surface area contributed by atoms with Gasteiger partial charge < -0.3 is 5.11 Å². The maximum Gasteiger partial charge on any atom is 0.0869 e. The van der Waals surface area contributed by atoms with Crippen molar-refractivity contribution in [1.82, 2.24) is 0 Å². The molecule has 1 aromatic rings. The Morgan fingerprint density at radius 2 is 2.31 bits per heavy atom. The summed E-state index contributed by atoms with van der Waals surface area (Å²) in [6, 6.07) is 8.08. The van der Waals surface area contributed by atoms with E-state index in [1.54, 1.807) is 6.08 Å². The minimum absolute atomic E-state index is 0.760. The lowest BCUT2D eigenvalue weighted by atomic mass is 10.0. The smallest absolute Gasteiger partial charge is 0.0869 e. The van der Waals surface area contributed by atoms with Crippen LogP contribution in [0.4, 0.5) is 0 Å². The zero-order valence-electron chi connectivity index (χ0n) is 7.83. The number of aryl methyl sites for hydroxylation is 1. The molecule has 13 heavy (non-hydrogen) atoms. The lowest BCUT2D eigenvalue weighted by molar-refractivity contribution is 0.476. The summed E-state index contributed by atoms with van der Waals surface area (Å²) in [4.78, 5) is 0. The highest BCUT2D eigenvalue weighted by atomic mass is 16.2. The molecule has 1 heteroatoms. The van der Waals surface area contributed by atoms with Crippen LogP contribution in [0, 0.1) is 0 Å². The van der Waals surface area contributed by atoms with Crippen molar-refractivity contribution >= 4 is 5.57 Å². The molecule has 1 rings (SSSR count). The fourth-order valence-electron chi connectivity index (χ4n) is 1.22. The normalized spacial score (nSPS) is 11.3. The number of rotatable bonds is 3. The lowest BCUT2D eigenvalue weighted by Crippen LogP contribution is -1.84. The van der Waals surface area contributed by atoms with Gasteiger partial charge in [0, 0.05) is 5.57 Å². The summed E-state index contributed by atoms with van der Waals surface area (Å²) >= 11 is 0. The van der Waals surface area contributed by atoms with E-state index >= 15 is 0 Å².